The molecule has 0 spiro atoms. The molecule has 1 heterocycles. The summed E-state index contributed by atoms with van der Waals surface area (Å²) in [6.45, 7) is 0. The van der Waals surface area contributed by atoms with Crippen LogP contribution in [0.4, 0.5) is 0 Å². The summed E-state index contributed by atoms with van der Waals surface area (Å²) in [6.07, 6.45) is 11.5. The van der Waals surface area contributed by atoms with Crippen molar-refractivity contribution in [3.63, 3.8) is 0 Å². The van der Waals surface area contributed by atoms with E-state index in [4.69, 9.17) is 0 Å². The third kappa shape index (κ3) is 1.22. The molecule has 2 aliphatic rings. The quantitative estimate of drug-likeness (QED) is 0.642. The van der Waals surface area contributed by atoms with Crippen LogP contribution >= 0.6 is 0 Å². The summed E-state index contributed by atoms with van der Waals surface area (Å²) in [5.41, 5.74) is 2.67. The maximum Gasteiger partial charge on any atom is 0.0708 e. The number of rotatable bonds is 0. The van der Waals surface area contributed by atoms with Gasteiger partial charge in [0.05, 0.1) is 5.36 Å². The van der Waals surface area contributed by atoms with Crippen molar-refractivity contribution in [2.24, 2.45) is 4.99 Å². The van der Waals surface area contributed by atoms with Crippen LogP contribution in [0.3, 0.4) is 0 Å². The molecule has 0 fully saturated rings. The van der Waals surface area contributed by atoms with Crippen molar-refractivity contribution in [3.05, 3.63) is 64.3 Å². The first-order valence-electron chi connectivity index (χ1n) is 5.89. The van der Waals surface area contributed by atoms with E-state index >= 15 is 0 Å². The lowest BCUT2D eigenvalue weighted by atomic mass is 9.95. The second kappa shape index (κ2) is 3.17. The molecule has 0 amide bonds. The Morgan fingerprint density at radius 1 is 1.12 bits per heavy atom. The van der Waals surface area contributed by atoms with Gasteiger partial charge in [0.15, 0.2) is 0 Å². The zero-order chi connectivity index (χ0) is 11.2. The summed E-state index contributed by atoms with van der Waals surface area (Å²) in [5.74, 6) is 0. The highest BCUT2D eigenvalue weighted by atomic mass is 14.7. The molecule has 0 radical (unpaired) electrons. The van der Waals surface area contributed by atoms with Crippen molar-refractivity contribution in [1.29, 1.82) is 0 Å². The second-order valence-electron chi connectivity index (χ2n) is 4.51. The van der Waals surface area contributed by atoms with Gasteiger partial charge in [-0.1, -0.05) is 30.4 Å². The first kappa shape index (κ1) is 8.94. The Hall–Kier alpha value is -2.15. The van der Waals surface area contributed by atoms with Gasteiger partial charge >= 0.3 is 0 Å². The minimum absolute atomic E-state index is 1.03. The van der Waals surface area contributed by atoms with Crippen LogP contribution < -0.4 is 10.6 Å². The van der Waals surface area contributed by atoms with Gasteiger partial charge in [0, 0.05) is 11.8 Å². The predicted octanol–water partition coefficient (Wildman–Crippen LogP) is 2.34. The summed E-state index contributed by atoms with van der Waals surface area (Å²) in [4.78, 5) is 4.36. The topological polar surface area (TPSA) is 12.4 Å². The highest BCUT2D eigenvalue weighted by molar-refractivity contribution is 5.89. The first-order valence-corrected chi connectivity index (χ1v) is 5.89. The minimum Gasteiger partial charge on any atom is -0.256 e. The average Bonchev–Trinajstić information content (AvgIpc) is 2.83. The van der Waals surface area contributed by atoms with E-state index in [0.717, 1.165) is 11.8 Å². The highest BCUT2D eigenvalue weighted by Crippen LogP contribution is 2.19. The van der Waals surface area contributed by atoms with Crippen LogP contribution in [0.2, 0.25) is 0 Å². The Bertz CT molecular complexity index is 808. The lowest BCUT2D eigenvalue weighted by molar-refractivity contribution is 1.25. The van der Waals surface area contributed by atoms with E-state index in [1.807, 2.05) is 6.20 Å². The molecule has 0 bridgehead atoms. The summed E-state index contributed by atoms with van der Waals surface area (Å²) in [7, 11) is 0. The van der Waals surface area contributed by atoms with E-state index < -0.39 is 0 Å². The molecule has 0 atom stereocenters. The van der Waals surface area contributed by atoms with Crippen molar-refractivity contribution in [2.75, 3.05) is 0 Å². The molecule has 0 saturated carbocycles. The van der Waals surface area contributed by atoms with Crippen molar-refractivity contribution in [2.45, 2.75) is 6.42 Å². The Morgan fingerprint density at radius 2 is 2.12 bits per heavy atom. The molecule has 0 N–H and O–H groups in total. The van der Waals surface area contributed by atoms with Crippen LogP contribution in [0.1, 0.15) is 11.1 Å². The van der Waals surface area contributed by atoms with Gasteiger partial charge in [-0.2, -0.15) is 0 Å². The van der Waals surface area contributed by atoms with Gasteiger partial charge in [-0.15, -0.1) is 0 Å². The first-order chi connectivity index (χ1) is 8.42. The molecule has 1 aliphatic heterocycles. The predicted molar refractivity (Wildman–Crippen MR) is 71.1 cm³/mol. The van der Waals surface area contributed by atoms with Crippen LogP contribution in [-0.4, -0.2) is 0 Å². The molecule has 0 unspecified atom stereocenters. The van der Waals surface area contributed by atoms with Crippen molar-refractivity contribution >= 4 is 22.9 Å². The standard InChI is InChI=1S/C16H11N/c1-2-4-14-11(3-1)5-6-12-10-16-13(7-8-17-16)9-15(12)14/h1-3,5-10H,4H2. The third-order valence-electron chi connectivity index (χ3n) is 3.52. The van der Waals surface area contributed by atoms with Crippen LogP contribution in [0.15, 0.2) is 47.6 Å². The molecular weight excluding hydrogens is 206 g/mol. The summed E-state index contributed by atoms with van der Waals surface area (Å²) in [6, 6.07) is 8.85. The van der Waals surface area contributed by atoms with E-state index in [0.29, 0.717) is 0 Å². The maximum absolute atomic E-state index is 4.36. The third-order valence-corrected chi connectivity index (χ3v) is 3.52. The molecule has 1 heteroatoms. The van der Waals surface area contributed by atoms with Crippen LogP contribution in [0.25, 0.3) is 22.9 Å². The number of hydrogen-bond donors (Lipinski definition) is 0. The van der Waals surface area contributed by atoms with Crippen LogP contribution in [0.5, 0.6) is 0 Å². The molecule has 1 aliphatic carbocycles. The number of allylic oxidation sites excluding steroid dienone is 2. The second-order valence-corrected chi connectivity index (χ2v) is 4.51. The molecule has 80 valence electrons. The lowest BCUT2D eigenvalue weighted by Crippen LogP contribution is -2.12. The van der Waals surface area contributed by atoms with Gasteiger partial charge in [-0.25, -0.2) is 0 Å². The molecular formula is C16H11N. The van der Waals surface area contributed by atoms with E-state index in [1.54, 1.807) is 0 Å². The number of benzene rings is 2. The summed E-state index contributed by atoms with van der Waals surface area (Å²) in [5, 5.41) is 5.09. The Kier molecular flexibility index (Phi) is 1.67. The van der Waals surface area contributed by atoms with E-state index in [9.17, 15) is 0 Å². The molecule has 4 rings (SSSR count). The highest BCUT2D eigenvalue weighted by Gasteiger charge is 2.07. The van der Waals surface area contributed by atoms with Gasteiger partial charge in [0.25, 0.3) is 0 Å². The fourth-order valence-corrected chi connectivity index (χ4v) is 2.64. The van der Waals surface area contributed by atoms with Gasteiger partial charge < -0.3 is 0 Å². The smallest absolute Gasteiger partial charge is 0.0708 e. The molecule has 2 aromatic carbocycles. The van der Waals surface area contributed by atoms with Gasteiger partial charge in [0.2, 0.25) is 0 Å². The zero-order valence-corrected chi connectivity index (χ0v) is 9.35. The molecule has 1 nitrogen and oxygen atoms in total. The van der Waals surface area contributed by atoms with Gasteiger partial charge in [-0.3, -0.25) is 4.99 Å². The number of fused-ring (bicyclic) bond motifs is 4. The zero-order valence-electron chi connectivity index (χ0n) is 9.35. The SMILES string of the molecule is C1=CCc2c(ccc3cc4c(cc23)C=CN=4)=C1. The summed E-state index contributed by atoms with van der Waals surface area (Å²) < 4.78 is 0. The minimum atomic E-state index is 1.03. The monoisotopic (exact) mass is 217 g/mol. The van der Waals surface area contributed by atoms with E-state index in [-0.39, 0.29) is 0 Å². The molecule has 0 saturated heterocycles. The van der Waals surface area contributed by atoms with Crippen LogP contribution in [-0.2, 0) is 6.42 Å². The van der Waals surface area contributed by atoms with E-state index in [2.05, 4.69) is 53.6 Å². The van der Waals surface area contributed by atoms with E-state index in [1.165, 1.54) is 27.1 Å². The Balaban J connectivity index is 2.20. The average molecular weight is 217 g/mol. The van der Waals surface area contributed by atoms with Crippen molar-refractivity contribution < 1.29 is 0 Å². The Labute approximate surface area is 99.1 Å². The number of hydrogen-bond acceptors (Lipinski definition) is 1. The fraction of sp³-hybridized carbons (Fsp3) is 0.0625. The Morgan fingerprint density at radius 3 is 3.12 bits per heavy atom. The van der Waals surface area contributed by atoms with Crippen molar-refractivity contribution in [1.82, 2.24) is 0 Å². The largest absolute Gasteiger partial charge is 0.256 e. The molecule has 0 aromatic heterocycles. The van der Waals surface area contributed by atoms with Crippen molar-refractivity contribution in [3.8, 4) is 0 Å². The maximum atomic E-state index is 4.36. The van der Waals surface area contributed by atoms with Gasteiger partial charge in [0.1, 0.15) is 0 Å². The van der Waals surface area contributed by atoms with Crippen LogP contribution in [0, 0.1) is 0 Å². The normalized spacial score (nSPS) is 15.3. The summed E-state index contributed by atoms with van der Waals surface area (Å²) >= 11 is 0. The number of nitrogens with zero attached hydrogens (tertiary/aromatic N) is 1. The lowest BCUT2D eigenvalue weighted by Gasteiger charge is -2.09. The molecule has 2 aromatic rings. The fourth-order valence-electron chi connectivity index (χ4n) is 2.64. The molecule has 17 heavy (non-hydrogen) atoms. The van der Waals surface area contributed by atoms with Gasteiger partial charge in [-0.05, 0) is 46.2 Å².